The van der Waals surface area contributed by atoms with Crippen molar-refractivity contribution in [3.05, 3.63) is 70.9 Å². The van der Waals surface area contributed by atoms with Gasteiger partial charge in [-0.15, -0.1) is 0 Å². The highest BCUT2D eigenvalue weighted by Crippen LogP contribution is 2.39. The summed E-state index contributed by atoms with van der Waals surface area (Å²) >= 11 is 0. The summed E-state index contributed by atoms with van der Waals surface area (Å²) in [6, 6.07) is 5.56. The van der Waals surface area contributed by atoms with Gasteiger partial charge in [-0.25, -0.2) is 0 Å². The lowest BCUT2D eigenvalue weighted by molar-refractivity contribution is -0.116. The zero-order valence-electron chi connectivity index (χ0n) is 18.3. The fraction of sp³-hybridized carbons (Fsp3) is 0.360. The van der Waals surface area contributed by atoms with Gasteiger partial charge in [-0.2, -0.15) is 5.26 Å². The van der Waals surface area contributed by atoms with E-state index in [9.17, 15) is 4.79 Å². The largest absolute Gasteiger partial charge is 0.457 e. The maximum absolute atomic E-state index is 11.7. The molecular formula is C25H28N4O2. The van der Waals surface area contributed by atoms with E-state index in [1.54, 1.807) is 6.07 Å². The first-order valence-electron chi connectivity index (χ1n) is 10.7. The Morgan fingerprint density at radius 1 is 1.26 bits per heavy atom. The van der Waals surface area contributed by atoms with E-state index in [0.29, 0.717) is 17.6 Å². The number of piperazine rings is 1. The maximum Gasteiger partial charge on any atom is 0.261 e. The molecule has 1 amide bonds. The van der Waals surface area contributed by atoms with Crippen molar-refractivity contribution in [2.24, 2.45) is 11.8 Å². The lowest BCUT2D eigenvalue weighted by Crippen LogP contribution is -2.45. The number of likely N-dealkylation sites (N-methyl/N-ethyl adjacent to an activating group) is 2. The van der Waals surface area contributed by atoms with E-state index in [2.05, 4.69) is 59.5 Å². The van der Waals surface area contributed by atoms with Crippen LogP contribution in [-0.4, -0.2) is 56.0 Å². The zero-order valence-corrected chi connectivity index (χ0v) is 18.3. The summed E-state index contributed by atoms with van der Waals surface area (Å²) in [5, 5.41) is 11.6. The van der Waals surface area contributed by atoms with Crippen LogP contribution in [0, 0.1) is 23.2 Å². The van der Waals surface area contributed by atoms with E-state index in [4.69, 9.17) is 9.68 Å². The van der Waals surface area contributed by atoms with Crippen LogP contribution in [-0.2, 0) is 4.79 Å². The lowest BCUT2D eigenvalue weighted by Gasteiger charge is -2.41. The second kappa shape index (κ2) is 8.83. The zero-order chi connectivity index (χ0) is 22.0. The number of furan rings is 1. The number of allylic oxidation sites excluding steroid dienone is 8. The number of amides is 1. The number of nitrogens with zero attached hydrogens (tertiary/aromatic N) is 3. The van der Waals surface area contributed by atoms with Crippen LogP contribution >= 0.6 is 0 Å². The van der Waals surface area contributed by atoms with Crippen LogP contribution in [0.25, 0.3) is 11.6 Å². The molecule has 1 fully saturated rings. The quantitative estimate of drug-likeness (QED) is 0.603. The minimum atomic E-state index is -0.427. The molecule has 2 atom stereocenters. The SMILES string of the molecule is CNC(=O)/C(C#N)=C/c1ccc(C2=CC3=CC=C(N4CCN(C)CC4)C(C)C3C=C2)o1. The first kappa shape index (κ1) is 21.0. The highest BCUT2D eigenvalue weighted by Gasteiger charge is 2.30. The van der Waals surface area contributed by atoms with Gasteiger partial charge < -0.3 is 19.5 Å². The highest BCUT2D eigenvalue weighted by molar-refractivity contribution is 6.01. The summed E-state index contributed by atoms with van der Waals surface area (Å²) in [6.07, 6.45) is 12.5. The Balaban J connectivity index is 1.55. The standard InChI is InChI=1S/C25H28N4O2/c1-17-22-7-4-19(24-9-6-21(31-24)15-20(16-26)25(30)27-2)14-18(22)5-8-23(17)29-12-10-28(3)11-13-29/h4-9,14-15,17,22H,10-13H2,1-3H3,(H,27,30)/b20-15+. The van der Waals surface area contributed by atoms with Gasteiger partial charge in [-0.05, 0) is 36.9 Å². The normalized spacial score (nSPS) is 24.0. The average Bonchev–Trinajstić information content (AvgIpc) is 3.26. The Morgan fingerprint density at radius 2 is 2.03 bits per heavy atom. The number of nitriles is 1. The third-order valence-corrected chi connectivity index (χ3v) is 6.30. The van der Waals surface area contributed by atoms with Gasteiger partial charge in [0.2, 0.25) is 0 Å². The molecule has 0 saturated carbocycles. The Morgan fingerprint density at radius 3 is 2.74 bits per heavy atom. The van der Waals surface area contributed by atoms with Crippen molar-refractivity contribution in [2.45, 2.75) is 6.92 Å². The Hall–Kier alpha value is -3.30. The molecule has 0 aromatic carbocycles. The third-order valence-electron chi connectivity index (χ3n) is 6.30. The summed E-state index contributed by atoms with van der Waals surface area (Å²) in [5.74, 6) is 1.56. The molecular weight excluding hydrogens is 388 g/mol. The lowest BCUT2D eigenvalue weighted by atomic mass is 9.77. The molecule has 31 heavy (non-hydrogen) atoms. The van der Waals surface area contributed by atoms with E-state index in [-0.39, 0.29) is 5.57 Å². The van der Waals surface area contributed by atoms with Gasteiger partial charge in [-0.1, -0.05) is 25.2 Å². The molecule has 0 radical (unpaired) electrons. The molecule has 0 spiro atoms. The number of hydrogen-bond acceptors (Lipinski definition) is 5. The van der Waals surface area contributed by atoms with Crippen LogP contribution in [0.15, 0.2) is 63.8 Å². The average molecular weight is 417 g/mol. The molecule has 3 aliphatic rings. The van der Waals surface area contributed by atoms with Crippen molar-refractivity contribution in [1.82, 2.24) is 15.1 Å². The predicted molar refractivity (Wildman–Crippen MR) is 121 cm³/mol. The molecule has 1 aliphatic heterocycles. The van der Waals surface area contributed by atoms with Gasteiger partial charge in [0.25, 0.3) is 5.91 Å². The van der Waals surface area contributed by atoms with Gasteiger partial charge in [0, 0.05) is 62.4 Å². The van der Waals surface area contributed by atoms with Crippen LogP contribution in [0.5, 0.6) is 0 Å². The van der Waals surface area contributed by atoms with E-state index < -0.39 is 5.91 Å². The summed E-state index contributed by atoms with van der Waals surface area (Å²) in [5.41, 5.74) is 3.71. The summed E-state index contributed by atoms with van der Waals surface area (Å²) in [7, 11) is 3.68. The van der Waals surface area contributed by atoms with Crippen molar-refractivity contribution in [2.75, 3.05) is 40.3 Å². The van der Waals surface area contributed by atoms with E-state index >= 15 is 0 Å². The number of carbonyl (C=O) groups is 1. The molecule has 2 heterocycles. The maximum atomic E-state index is 11.7. The first-order valence-corrected chi connectivity index (χ1v) is 10.7. The molecule has 6 nitrogen and oxygen atoms in total. The molecule has 6 heteroatoms. The molecule has 2 unspecified atom stereocenters. The second-order valence-electron chi connectivity index (χ2n) is 8.27. The summed E-state index contributed by atoms with van der Waals surface area (Å²) < 4.78 is 5.90. The smallest absolute Gasteiger partial charge is 0.261 e. The van der Waals surface area contributed by atoms with Gasteiger partial charge in [0.1, 0.15) is 23.2 Å². The molecule has 160 valence electrons. The van der Waals surface area contributed by atoms with Crippen LogP contribution < -0.4 is 5.32 Å². The number of nitrogens with one attached hydrogen (secondary N) is 1. The molecule has 1 aromatic rings. The van der Waals surface area contributed by atoms with Crippen LogP contribution in [0.1, 0.15) is 18.4 Å². The molecule has 1 aromatic heterocycles. The van der Waals surface area contributed by atoms with Crippen molar-refractivity contribution in [3.8, 4) is 6.07 Å². The number of hydrogen-bond donors (Lipinski definition) is 1. The van der Waals surface area contributed by atoms with Crippen LogP contribution in [0.2, 0.25) is 0 Å². The molecule has 1 N–H and O–H groups in total. The van der Waals surface area contributed by atoms with Crippen molar-refractivity contribution in [1.29, 1.82) is 5.26 Å². The molecule has 4 rings (SSSR count). The number of carbonyl (C=O) groups excluding carboxylic acids is 1. The summed E-state index contributed by atoms with van der Waals surface area (Å²) in [6.45, 7) is 6.68. The van der Waals surface area contributed by atoms with Crippen molar-refractivity contribution >= 4 is 17.6 Å². The first-order chi connectivity index (χ1) is 15.0. The molecule has 2 aliphatic carbocycles. The van der Waals surface area contributed by atoms with Crippen LogP contribution in [0.4, 0.5) is 0 Å². The van der Waals surface area contributed by atoms with Crippen LogP contribution in [0.3, 0.4) is 0 Å². The van der Waals surface area contributed by atoms with E-state index in [1.165, 1.54) is 24.4 Å². The Labute approximate surface area is 183 Å². The minimum Gasteiger partial charge on any atom is -0.457 e. The Bertz CT molecular complexity index is 1060. The predicted octanol–water partition coefficient (Wildman–Crippen LogP) is 3.21. The van der Waals surface area contributed by atoms with E-state index in [1.807, 2.05) is 12.1 Å². The molecule has 0 bridgehead atoms. The van der Waals surface area contributed by atoms with Gasteiger partial charge in [0.05, 0.1) is 0 Å². The Kier molecular flexibility index (Phi) is 5.97. The monoisotopic (exact) mass is 416 g/mol. The van der Waals surface area contributed by atoms with Crippen molar-refractivity contribution in [3.63, 3.8) is 0 Å². The van der Waals surface area contributed by atoms with Gasteiger partial charge >= 0.3 is 0 Å². The second-order valence-corrected chi connectivity index (χ2v) is 8.27. The van der Waals surface area contributed by atoms with Gasteiger partial charge in [0.15, 0.2) is 0 Å². The molecule has 1 saturated heterocycles. The highest BCUT2D eigenvalue weighted by atomic mass is 16.3. The number of fused-ring (bicyclic) bond motifs is 1. The van der Waals surface area contributed by atoms with E-state index in [0.717, 1.165) is 37.5 Å². The topological polar surface area (TPSA) is 72.5 Å². The summed E-state index contributed by atoms with van der Waals surface area (Å²) in [4.78, 5) is 16.6. The fourth-order valence-electron chi connectivity index (χ4n) is 4.40. The van der Waals surface area contributed by atoms with Crippen molar-refractivity contribution < 1.29 is 9.21 Å². The number of rotatable bonds is 4. The van der Waals surface area contributed by atoms with Gasteiger partial charge in [-0.3, -0.25) is 4.79 Å². The minimum absolute atomic E-state index is 0.0158. The third kappa shape index (κ3) is 4.28. The fourth-order valence-corrected chi connectivity index (χ4v) is 4.40.